The second kappa shape index (κ2) is 10.5. The third kappa shape index (κ3) is 5.19. The predicted molar refractivity (Wildman–Crippen MR) is 116 cm³/mol. The average molecular weight is 464 g/mol. The lowest BCUT2D eigenvalue weighted by atomic mass is 10.0. The molecule has 1 saturated heterocycles. The van der Waals surface area contributed by atoms with Crippen LogP contribution in [-0.2, 0) is 14.3 Å². The molecule has 0 aliphatic carbocycles. The van der Waals surface area contributed by atoms with E-state index < -0.39 is 29.6 Å². The smallest absolute Gasteiger partial charge is 0.312 e. The summed E-state index contributed by atoms with van der Waals surface area (Å²) < 4.78 is 29.2. The number of anilines is 1. The lowest BCUT2D eigenvalue weighted by Crippen LogP contribution is -2.32. The number of ether oxygens (including phenoxy) is 3. The van der Waals surface area contributed by atoms with Crippen molar-refractivity contribution in [2.24, 2.45) is 5.92 Å². The van der Waals surface area contributed by atoms with Gasteiger partial charge < -0.3 is 19.1 Å². The highest BCUT2D eigenvalue weighted by molar-refractivity contribution is 6.18. The molecule has 0 aromatic heterocycles. The molecule has 0 saturated carbocycles. The SMILES string of the molecule is COc1ccc(OC)c(N2C[C@H](C(=O)O[C@@H](CCCl)C(=O)c3ccc(F)cc3)CC2=O)c1. The van der Waals surface area contributed by atoms with Crippen LogP contribution in [0.5, 0.6) is 11.5 Å². The van der Waals surface area contributed by atoms with E-state index in [-0.39, 0.29) is 36.7 Å². The average Bonchev–Trinajstić information content (AvgIpc) is 3.19. The molecule has 1 aliphatic rings. The summed E-state index contributed by atoms with van der Waals surface area (Å²) in [6.07, 6.45) is -1.10. The Bertz CT molecular complexity index is 996. The van der Waals surface area contributed by atoms with Gasteiger partial charge in [-0.05, 0) is 36.4 Å². The summed E-state index contributed by atoms with van der Waals surface area (Å²) in [6, 6.07) is 9.98. The third-order valence-corrected chi connectivity index (χ3v) is 5.40. The maximum atomic E-state index is 13.2. The van der Waals surface area contributed by atoms with Crippen molar-refractivity contribution in [1.82, 2.24) is 0 Å². The lowest BCUT2D eigenvalue weighted by molar-refractivity contribution is -0.151. The van der Waals surface area contributed by atoms with E-state index in [1.165, 1.54) is 31.3 Å². The van der Waals surface area contributed by atoms with Gasteiger partial charge in [0.25, 0.3) is 0 Å². The minimum absolute atomic E-state index is 0.0690. The van der Waals surface area contributed by atoms with E-state index in [1.54, 1.807) is 18.2 Å². The molecule has 1 amide bonds. The summed E-state index contributed by atoms with van der Waals surface area (Å²) in [4.78, 5) is 39.6. The molecule has 3 rings (SSSR count). The monoisotopic (exact) mass is 463 g/mol. The predicted octanol–water partition coefficient (Wildman–Crippen LogP) is 3.62. The van der Waals surface area contributed by atoms with E-state index in [4.69, 9.17) is 25.8 Å². The number of halogens is 2. The molecule has 32 heavy (non-hydrogen) atoms. The van der Waals surface area contributed by atoms with E-state index in [2.05, 4.69) is 0 Å². The number of esters is 1. The first kappa shape index (κ1) is 23.5. The molecule has 2 aromatic carbocycles. The number of rotatable bonds is 9. The summed E-state index contributed by atoms with van der Waals surface area (Å²) in [7, 11) is 2.99. The number of Topliss-reactive ketones (excluding diaryl/α,β-unsaturated/α-hetero) is 1. The number of benzene rings is 2. The molecule has 2 aromatic rings. The van der Waals surface area contributed by atoms with Crippen molar-refractivity contribution >= 4 is 34.9 Å². The largest absolute Gasteiger partial charge is 0.497 e. The van der Waals surface area contributed by atoms with Crippen LogP contribution in [0.2, 0.25) is 0 Å². The van der Waals surface area contributed by atoms with Crippen LogP contribution in [0.4, 0.5) is 10.1 Å². The Labute approximate surface area is 190 Å². The zero-order chi connectivity index (χ0) is 23.3. The number of nitrogens with zero attached hydrogens (tertiary/aromatic N) is 1. The van der Waals surface area contributed by atoms with Crippen molar-refractivity contribution in [3.8, 4) is 11.5 Å². The van der Waals surface area contributed by atoms with Gasteiger partial charge in [0.2, 0.25) is 11.7 Å². The molecule has 0 unspecified atom stereocenters. The van der Waals surface area contributed by atoms with Crippen molar-refractivity contribution in [3.05, 3.63) is 53.8 Å². The van der Waals surface area contributed by atoms with Crippen LogP contribution in [0.1, 0.15) is 23.2 Å². The van der Waals surface area contributed by atoms with Gasteiger partial charge >= 0.3 is 5.97 Å². The van der Waals surface area contributed by atoms with Crippen molar-refractivity contribution in [2.45, 2.75) is 18.9 Å². The number of alkyl halides is 1. The van der Waals surface area contributed by atoms with Gasteiger partial charge in [-0.2, -0.15) is 0 Å². The number of carbonyl (C=O) groups excluding carboxylic acids is 3. The van der Waals surface area contributed by atoms with Crippen molar-refractivity contribution in [1.29, 1.82) is 0 Å². The van der Waals surface area contributed by atoms with E-state index in [1.807, 2.05) is 0 Å². The summed E-state index contributed by atoms with van der Waals surface area (Å²) >= 11 is 5.79. The van der Waals surface area contributed by atoms with Gasteiger partial charge in [0.1, 0.15) is 17.3 Å². The number of amides is 1. The topological polar surface area (TPSA) is 82.1 Å². The second-order valence-electron chi connectivity index (χ2n) is 7.22. The highest BCUT2D eigenvalue weighted by atomic mass is 35.5. The van der Waals surface area contributed by atoms with Crippen LogP contribution < -0.4 is 14.4 Å². The molecule has 2 atom stereocenters. The Hall–Kier alpha value is -3.13. The first-order valence-corrected chi connectivity index (χ1v) is 10.5. The Morgan fingerprint density at radius 1 is 1.16 bits per heavy atom. The van der Waals surface area contributed by atoms with Gasteiger partial charge in [0.15, 0.2) is 6.10 Å². The standard InChI is InChI=1S/C23H23ClFNO6/c1-30-17-7-8-19(31-2)18(12-17)26-13-15(11-21(26)27)23(29)32-20(9-10-24)22(28)14-3-5-16(25)6-4-14/h3-8,12,15,20H,9-11,13H2,1-2H3/t15-,20+/m1/s1. The molecular formula is C23H23ClFNO6. The van der Waals surface area contributed by atoms with Crippen LogP contribution in [0.3, 0.4) is 0 Å². The van der Waals surface area contributed by atoms with Gasteiger partial charge in [-0.15, -0.1) is 11.6 Å². The fourth-order valence-corrected chi connectivity index (χ4v) is 3.68. The molecule has 0 radical (unpaired) electrons. The Morgan fingerprint density at radius 3 is 2.50 bits per heavy atom. The van der Waals surface area contributed by atoms with Gasteiger partial charge in [0, 0.05) is 36.9 Å². The fourth-order valence-electron chi connectivity index (χ4n) is 3.49. The molecule has 0 N–H and O–H groups in total. The Balaban J connectivity index is 1.74. The number of hydrogen-bond donors (Lipinski definition) is 0. The highest BCUT2D eigenvalue weighted by Crippen LogP contribution is 2.36. The van der Waals surface area contributed by atoms with Crippen molar-refractivity contribution in [2.75, 3.05) is 31.5 Å². The zero-order valence-corrected chi connectivity index (χ0v) is 18.4. The van der Waals surface area contributed by atoms with Crippen LogP contribution >= 0.6 is 11.6 Å². The minimum atomic E-state index is -1.12. The van der Waals surface area contributed by atoms with Gasteiger partial charge in [-0.3, -0.25) is 14.4 Å². The number of methoxy groups -OCH3 is 2. The van der Waals surface area contributed by atoms with Crippen LogP contribution in [0, 0.1) is 11.7 Å². The quantitative estimate of drug-likeness (QED) is 0.321. The summed E-state index contributed by atoms with van der Waals surface area (Å²) in [5, 5.41) is 0. The summed E-state index contributed by atoms with van der Waals surface area (Å²) in [5.41, 5.74) is 0.686. The molecule has 1 aliphatic heterocycles. The van der Waals surface area contributed by atoms with Crippen molar-refractivity contribution < 1.29 is 33.0 Å². The molecule has 0 bridgehead atoms. The second-order valence-corrected chi connectivity index (χ2v) is 7.60. The summed E-state index contributed by atoms with van der Waals surface area (Å²) in [6.45, 7) is 0.0690. The third-order valence-electron chi connectivity index (χ3n) is 5.19. The fraction of sp³-hybridized carbons (Fsp3) is 0.348. The minimum Gasteiger partial charge on any atom is -0.497 e. The first-order chi connectivity index (χ1) is 15.4. The van der Waals surface area contributed by atoms with Crippen LogP contribution in [0.25, 0.3) is 0 Å². The number of ketones is 1. The normalized spacial score (nSPS) is 16.6. The molecule has 0 spiro atoms. The van der Waals surface area contributed by atoms with Gasteiger partial charge in [-0.1, -0.05) is 0 Å². The van der Waals surface area contributed by atoms with E-state index in [0.29, 0.717) is 17.2 Å². The van der Waals surface area contributed by atoms with Gasteiger partial charge in [0.05, 0.1) is 25.8 Å². The molecule has 170 valence electrons. The molecular weight excluding hydrogens is 441 g/mol. The number of carbonyl (C=O) groups is 3. The maximum absolute atomic E-state index is 13.2. The van der Waals surface area contributed by atoms with E-state index >= 15 is 0 Å². The summed E-state index contributed by atoms with van der Waals surface area (Å²) in [5.74, 6) is -1.60. The zero-order valence-electron chi connectivity index (χ0n) is 17.7. The van der Waals surface area contributed by atoms with E-state index in [0.717, 1.165) is 12.1 Å². The van der Waals surface area contributed by atoms with Crippen LogP contribution in [0.15, 0.2) is 42.5 Å². The van der Waals surface area contributed by atoms with Crippen molar-refractivity contribution in [3.63, 3.8) is 0 Å². The molecule has 1 fully saturated rings. The Kier molecular flexibility index (Phi) is 7.69. The molecule has 9 heteroatoms. The van der Waals surface area contributed by atoms with Crippen LogP contribution in [-0.4, -0.2) is 50.4 Å². The first-order valence-electron chi connectivity index (χ1n) is 9.96. The molecule has 7 nitrogen and oxygen atoms in total. The lowest BCUT2D eigenvalue weighted by Gasteiger charge is -2.21. The number of hydrogen-bond acceptors (Lipinski definition) is 6. The maximum Gasteiger partial charge on any atom is 0.312 e. The highest BCUT2D eigenvalue weighted by Gasteiger charge is 2.39. The Morgan fingerprint density at radius 2 is 1.88 bits per heavy atom. The van der Waals surface area contributed by atoms with E-state index in [9.17, 15) is 18.8 Å². The molecule has 1 heterocycles. The van der Waals surface area contributed by atoms with Gasteiger partial charge in [-0.25, -0.2) is 4.39 Å².